The summed E-state index contributed by atoms with van der Waals surface area (Å²) in [7, 11) is 0. The van der Waals surface area contributed by atoms with E-state index in [-0.39, 0.29) is 16.9 Å². The number of benzene rings is 1. The molecule has 0 radical (unpaired) electrons. The molecule has 0 spiro atoms. The van der Waals surface area contributed by atoms with Crippen molar-refractivity contribution in [3.05, 3.63) is 59.4 Å². The zero-order valence-electron chi connectivity index (χ0n) is 19.3. The Kier molecular flexibility index (Phi) is 6.51. The molecule has 2 amide bonds. The average Bonchev–Trinajstić information content (AvgIpc) is 2.68. The lowest BCUT2D eigenvalue weighted by Crippen LogP contribution is -2.49. The highest BCUT2D eigenvalue weighted by atomic mass is 16.2. The van der Waals surface area contributed by atoms with Crippen molar-refractivity contribution in [2.75, 3.05) is 31.5 Å². The molecule has 162 valence electrons. The third kappa shape index (κ3) is 5.82. The molecule has 0 atom stereocenters. The molecule has 1 aromatic heterocycles. The number of aromatic nitrogens is 1. The molecule has 5 nitrogen and oxygen atoms in total. The predicted molar refractivity (Wildman–Crippen MR) is 124 cm³/mol. The Hall–Kier alpha value is -2.40. The van der Waals surface area contributed by atoms with E-state index in [1.807, 2.05) is 29.4 Å². The fourth-order valence-electron chi connectivity index (χ4n) is 3.62. The summed E-state index contributed by atoms with van der Waals surface area (Å²) >= 11 is 0. The molecule has 5 heteroatoms. The van der Waals surface area contributed by atoms with Gasteiger partial charge in [0.05, 0.1) is 0 Å². The fourth-order valence-corrected chi connectivity index (χ4v) is 3.62. The molecule has 0 unspecified atom stereocenters. The van der Waals surface area contributed by atoms with Gasteiger partial charge in [-0.2, -0.15) is 0 Å². The van der Waals surface area contributed by atoms with Crippen LogP contribution in [0.15, 0.2) is 42.7 Å². The zero-order chi connectivity index (χ0) is 21.9. The number of pyridine rings is 1. The summed E-state index contributed by atoms with van der Waals surface area (Å²) < 4.78 is 0. The minimum Gasteiger partial charge on any atom is -0.322 e. The number of carbonyl (C=O) groups excluding carboxylic acids is 1. The van der Waals surface area contributed by atoms with E-state index >= 15 is 0 Å². The van der Waals surface area contributed by atoms with Crippen molar-refractivity contribution in [1.82, 2.24) is 14.8 Å². The van der Waals surface area contributed by atoms with E-state index in [0.29, 0.717) is 0 Å². The molecule has 30 heavy (non-hydrogen) atoms. The van der Waals surface area contributed by atoms with Crippen LogP contribution < -0.4 is 5.32 Å². The predicted octanol–water partition coefficient (Wildman–Crippen LogP) is 5.03. The van der Waals surface area contributed by atoms with Crippen molar-refractivity contribution in [1.29, 1.82) is 0 Å². The molecule has 1 N–H and O–H groups in total. The molecule has 1 aromatic carbocycles. The standard InChI is InChI=1S/C25H36N4O/c1-24(2,3)20-15-21(25(4,5)6)17-22(16-20)27-23(30)29-13-11-28(12-14-29)18-19-7-9-26-10-8-19/h7-10,15-17H,11-14,18H2,1-6H3,(H,27,30). The maximum atomic E-state index is 12.9. The van der Waals surface area contributed by atoms with E-state index in [0.717, 1.165) is 38.4 Å². The minimum atomic E-state index is -0.00974. The summed E-state index contributed by atoms with van der Waals surface area (Å²) in [6, 6.07) is 10.6. The van der Waals surface area contributed by atoms with Crippen molar-refractivity contribution in [3.8, 4) is 0 Å². The number of nitrogens with zero attached hydrogens (tertiary/aromatic N) is 3. The van der Waals surface area contributed by atoms with Crippen LogP contribution in [-0.4, -0.2) is 47.0 Å². The largest absolute Gasteiger partial charge is 0.322 e. The van der Waals surface area contributed by atoms with Gasteiger partial charge in [0.2, 0.25) is 0 Å². The molecule has 1 fully saturated rings. The number of urea groups is 1. The highest BCUT2D eigenvalue weighted by Crippen LogP contribution is 2.32. The monoisotopic (exact) mass is 408 g/mol. The number of amides is 2. The van der Waals surface area contributed by atoms with Gasteiger partial charge in [-0.1, -0.05) is 47.6 Å². The molecule has 1 saturated heterocycles. The molecule has 1 aliphatic rings. The van der Waals surface area contributed by atoms with Crippen LogP contribution in [0.4, 0.5) is 10.5 Å². The molecule has 3 rings (SSSR count). The fraction of sp³-hybridized carbons (Fsp3) is 0.520. The first-order valence-corrected chi connectivity index (χ1v) is 10.9. The van der Waals surface area contributed by atoms with Crippen molar-refractivity contribution in [2.24, 2.45) is 0 Å². The van der Waals surface area contributed by atoms with Crippen LogP contribution in [0.5, 0.6) is 0 Å². The van der Waals surface area contributed by atoms with Crippen LogP contribution in [0.1, 0.15) is 58.2 Å². The Balaban J connectivity index is 1.65. The van der Waals surface area contributed by atoms with Gasteiger partial charge in [0, 0.05) is 50.8 Å². The Labute approximate surface area is 181 Å². The van der Waals surface area contributed by atoms with Crippen LogP contribution in [0.2, 0.25) is 0 Å². The van der Waals surface area contributed by atoms with Gasteiger partial charge in [-0.15, -0.1) is 0 Å². The van der Waals surface area contributed by atoms with Crippen LogP contribution in [0, 0.1) is 0 Å². The molecule has 1 aliphatic heterocycles. The SMILES string of the molecule is CC(C)(C)c1cc(NC(=O)N2CCN(Cc3ccncc3)CC2)cc(C(C)(C)C)c1. The number of anilines is 1. The number of rotatable bonds is 3. The summed E-state index contributed by atoms with van der Waals surface area (Å²) in [5.74, 6) is 0. The number of piperazine rings is 1. The Morgan fingerprint density at radius 2 is 1.43 bits per heavy atom. The van der Waals surface area contributed by atoms with Gasteiger partial charge >= 0.3 is 6.03 Å². The Morgan fingerprint density at radius 3 is 1.93 bits per heavy atom. The van der Waals surface area contributed by atoms with Crippen LogP contribution >= 0.6 is 0 Å². The van der Waals surface area contributed by atoms with Crippen LogP contribution in [0.25, 0.3) is 0 Å². The normalized spacial score (nSPS) is 15.9. The summed E-state index contributed by atoms with van der Waals surface area (Å²) in [5, 5.41) is 3.16. The molecule has 2 aromatic rings. The van der Waals surface area contributed by atoms with Gasteiger partial charge in [0.1, 0.15) is 0 Å². The zero-order valence-corrected chi connectivity index (χ0v) is 19.3. The number of hydrogen-bond donors (Lipinski definition) is 1. The van der Waals surface area contributed by atoms with Gasteiger partial charge in [0.25, 0.3) is 0 Å². The van der Waals surface area contributed by atoms with Crippen molar-refractivity contribution >= 4 is 11.7 Å². The lowest BCUT2D eigenvalue weighted by Gasteiger charge is -2.35. The molecule has 0 saturated carbocycles. The van der Waals surface area contributed by atoms with Gasteiger partial charge in [-0.25, -0.2) is 4.79 Å². The summed E-state index contributed by atoms with van der Waals surface area (Å²) in [6.07, 6.45) is 3.66. The van der Waals surface area contributed by atoms with Crippen LogP contribution in [-0.2, 0) is 17.4 Å². The quantitative estimate of drug-likeness (QED) is 0.775. The molecule has 2 heterocycles. The Morgan fingerprint density at radius 1 is 0.900 bits per heavy atom. The highest BCUT2D eigenvalue weighted by Gasteiger charge is 2.24. The molecular weight excluding hydrogens is 372 g/mol. The van der Waals surface area contributed by atoms with E-state index in [9.17, 15) is 4.79 Å². The maximum Gasteiger partial charge on any atom is 0.321 e. The van der Waals surface area contributed by atoms with E-state index in [1.165, 1.54) is 16.7 Å². The lowest BCUT2D eigenvalue weighted by molar-refractivity contribution is 0.143. The smallest absolute Gasteiger partial charge is 0.321 e. The first-order chi connectivity index (χ1) is 14.0. The summed E-state index contributed by atoms with van der Waals surface area (Å²) in [4.78, 5) is 21.3. The minimum absolute atomic E-state index is 0.00974. The van der Waals surface area contributed by atoms with E-state index < -0.39 is 0 Å². The van der Waals surface area contributed by atoms with E-state index in [1.54, 1.807) is 0 Å². The maximum absolute atomic E-state index is 12.9. The highest BCUT2D eigenvalue weighted by molar-refractivity contribution is 5.89. The van der Waals surface area contributed by atoms with Crippen molar-refractivity contribution < 1.29 is 4.79 Å². The van der Waals surface area contributed by atoms with Gasteiger partial charge in [0.15, 0.2) is 0 Å². The average molecular weight is 409 g/mol. The van der Waals surface area contributed by atoms with Gasteiger partial charge in [-0.3, -0.25) is 9.88 Å². The van der Waals surface area contributed by atoms with E-state index in [4.69, 9.17) is 0 Å². The topological polar surface area (TPSA) is 48.5 Å². The van der Waals surface area contributed by atoms with Gasteiger partial charge < -0.3 is 10.2 Å². The van der Waals surface area contributed by atoms with E-state index in [2.05, 4.69) is 74.9 Å². The third-order valence-electron chi connectivity index (χ3n) is 5.73. The molecule has 0 bridgehead atoms. The second-order valence-corrected chi connectivity index (χ2v) is 10.3. The summed E-state index contributed by atoms with van der Waals surface area (Å²) in [6.45, 7) is 17.4. The second kappa shape index (κ2) is 8.76. The first kappa shape index (κ1) is 22.3. The second-order valence-electron chi connectivity index (χ2n) is 10.3. The first-order valence-electron chi connectivity index (χ1n) is 10.9. The number of nitrogens with one attached hydrogen (secondary N) is 1. The Bertz CT molecular complexity index is 825. The molecule has 0 aliphatic carbocycles. The molecular formula is C25H36N4O. The third-order valence-corrected chi connectivity index (χ3v) is 5.73. The number of hydrogen-bond acceptors (Lipinski definition) is 3. The van der Waals surface area contributed by atoms with Crippen LogP contribution in [0.3, 0.4) is 0 Å². The number of carbonyl (C=O) groups is 1. The van der Waals surface area contributed by atoms with Crippen molar-refractivity contribution in [2.45, 2.75) is 58.9 Å². The summed E-state index contributed by atoms with van der Waals surface area (Å²) in [5.41, 5.74) is 4.69. The van der Waals surface area contributed by atoms with Crippen molar-refractivity contribution in [3.63, 3.8) is 0 Å². The lowest BCUT2D eigenvalue weighted by atomic mass is 9.80. The van der Waals surface area contributed by atoms with Gasteiger partial charge in [-0.05, 0) is 51.8 Å².